The zero-order valence-electron chi connectivity index (χ0n) is 17.0. The van der Waals surface area contributed by atoms with Gasteiger partial charge in [0.1, 0.15) is 5.75 Å². The quantitative estimate of drug-likeness (QED) is 0.498. The maximum absolute atomic E-state index is 12.3. The topological polar surface area (TPSA) is 97.0 Å². The van der Waals surface area contributed by atoms with Crippen LogP contribution in [0.5, 0.6) is 5.75 Å². The molecule has 1 aromatic carbocycles. The molecule has 1 rings (SSSR count). The van der Waals surface area contributed by atoms with E-state index in [4.69, 9.17) is 9.47 Å². The Morgan fingerprint density at radius 3 is 2.36 bits per heavy atom. The van der Waals surface area contributed by atoms with Crippen molar-refractivity contribution in [2.75, 3.05) is 45.8 Å². The minimum Gasteiger partial charge on any atom is -0.497 e. The van der Waals surface area contributed by atoms with Gasteiger partial charge < -0.3 is 25.0 Å². The van der Waals surface area contributed by atoms with Crippen molar-refractivity contribution in [3.05, 3.63) is 24.3 Å². The molecule has 156 valence electrons. The van der Waals surface area contributed by atoms with E-state index < -0.39 is 0 Å². The van der Waals surface area contributed by atoms with Gasteiger partial charge in [-0.05, 0) is 37.1 Å². The summed E-state index contributed by atoms with van der Waals surface area (Å²) in [6.07, 6.45) is 2.76. The second-order valence-electron chi connectivity index (χ2n) is 6.32. The third-order valence-corrected chi connectivity index (χ3v) is 4.03. The summed E-state index contributed by atoms with van der Waals surface area (Å²) in [4.78, 5) is 38.0. The molecule has 28 heavy (non-hydrogen) atoms. The summed E-state index contributed by atoms with van der Waals surface area (Å²) in [6, 6.07) is 6.88. The fourth-order valence-corrected chi connectivity index (χ4v) is 2.47. The summed E-state index contributed by atoms with van der Waals surface area (Å²) in [5.74, 6) is -0.0858. The van der Waals surface area contributed by atoms with Crippen LogP contribution in [0.2, 0.25) is 0 Å². The van der Waals surface area contributed by atoms with E-state index in [1.807, 2.05) is 6.92 Å². The molecule has 0 aliphatic carbocycles. The fourth-order valence-electron chi connectivity index (χ4n) is 2.47. The molecule has 0 aromatic heterocycles. The number of unbranched alkanes of at least 4 members (excludes halogenated alkanes) is 1. The first-order valence-corrected chi connectivity index (χ1v) is 9.47. The van der Waals surface area contributed by atoms with Crippen LogP contribution in [0.4, 0.5) is 5.69 Å². The van der Waals surface area contributed by atoms with Crippen LogP contribution in [-0.4, -0.2) is 63.1 Å². The lowest BCUT2D eigenvalue weighted by Gasteiger charge is -2.22. The van der Waals surface area contributed by atoms with E-state index in [1.165, 1.54) is 4.90 Å². The van der Waals surface area contributed by atoms with Crippen LogP contribution in [0, 0.1) is 0 Å². The summed E-state index contributed by atoms with van der Waals surface area (Å²) in [7, 11) is 3.16. The van der Waals surface area contributed by atoms with Gasteiger partial charge in [-0.1, -0.05) is 13.3 Å². The van der Waals surface area contributed by atoms with Gasteiger partial charge >= 0.3 is 0 Å². The fraction of sp³-hybridized carbons (Fsp3) is 0.550. The maximum Gasteiger partial charge on any atom is 0.243 e. The smallest absolute Gasteiger partial charge is 0.243 e. The highest BCUT2D eigenvalue weighted by atomic mass is 16.5. The van der Waals surface area contributed by atoms with Gasteiger partial charge in [0.25, 0.3) is 0 Å². The van der Waals surface area contributed by atoms with E-state index in [2.05, 4.69) is 10.6 Å². The van der Waals surface area contributed by atoms with Gasteiger partial charge in [-0.15, -0.1) is 0 Å². The van der Waals surface area contributed by atoms with E-state index in [1.54, 1.807) is 38.5 Å². The Morgan fingerprint density at radius 1 is 1.04 bits per heavy atom. The Bertz CT molecular complexity index is 619. The number of hydrogen-bond acceptors (Lipinski definition) is 5. The van der Waals surface area contributed by atoms with Crippen molar-refractivity contribution >= 4 is 23.4 Å². The van der Waals surface area contributed by atoms with Crippen LogP contribution in [-0.2, 0) is 19.1 Å². The van der Waals surface area contributed by atoms with Crippen molar-refractivity contribution in [1.29, 1.82) is 0 Å². The number of rotatable bonds is 13. The third-order valence-electron chi connectivity index (χ3n) is 4.03. The molecule has 0 atom stereocenters. The first-order valence-electron chi connectivity index (χ1n) is 9.47. The molecule has 8 nitrogen and oxygen atoms in total. The largest absolute Gasteiger partial charge is 0.497 e. The minimum absolute atomic E-state index is 0.0595. The van der Waals surface area contributed by atoms with Crippen molar-refractivity contribution in [2.45, 2.75) is 32.6 Å². The van der Waals surface area contributed by atoms with Crippen LogP contribution in [0.25, 0.3) is 0 Å². The second-order valence-corrected chi connectivity index (χ2v) is 6.32. The molecule has 0 unspecified atom stereocenters. The first kappa shape index (κ1) is 23.4. The molecule has 0 radical (unpaired) electrons. The third kappa shape index (κ3) is 9.36. The van der Waals surface area contributed by atoms with Crippen molar-refractivity contribution in [3.8, 4) is 5.75 Å². The summed E-state index contributed by atoms with van der Waals surface area (Å²) < 4.78 is 10.1. The van der Waals surface area contributed by atoms with Gasteiger partial charge in [-0.2, -0.15) is 0 Å². The number of nitrogens with zero attached hydrogens (tertiary/aromatic N) is 1. The number of methoxy groups -OCH3 is 2. The number of benzene rings is 1. The van der Waals surface area contributed by atoms with E-state index >= 15 is 0 Å². The van der Waals surface area contributed by atoms with Gasteiger partial charge in [0.05, 0.1) is 20.2 Å². The second kappa shape index (κ2) is 13.5. The zero-order valence-corrected chi connectivity index (χ0v) is 17.0. The number of amides is 3. The molecule has 0 saturated carbocycles. The molecular weight excluding hydrogens is 362 g/mol. The molecule has 0 aliphatic heterocycles. The molecule has 3 amide bonds. The van der Waals surface area contributed by atoms with E-state index in [0.29, 0.717) is 37.4 Å². The molecule has 0 heterocycles. The van der Waals surface area contributed by atoms with E-state index in [0.717, 1.165) is 12.8 Å². The van der Waals surface area contributed by atoms with E-state index in [-0.39, 0.29) is 30.8 Å². The number of nitrogens with one attached hydrogen (secondary N) is 2. The molecule has 0 fully saturated rings. The van der Waals surface area contributed by atoms with Crippen LogP contribution < -0.4 is 15.4 Å². The molecule has 1 aromatic rings. The monoisotopic (exact) mass is 393 g/mol. The number of anilines is 1. The number of carbonyl (C=O) groups is 3. The van der Waals surface area contributed by atoms with Crippen LogP contribution in [0.1, 0.15) is 32.6 Å². The lowest BCUT2D eigenvalue weighted by atomic mass is 10.2. The van der Waals surface area contributed by atoms with Gasteiger partial charge in [-0.3, -0.25) is 14.4 Å². The highest BCUT2D eigenvalue weighted by Crippen LogP contribution is 2.14. The Morgan fingerprint density at radius 2 is 1.75 bits per heavy atom. The summed E-state index contributed by atoms with van der Waals surface area (Å²) in [5, 5.41) is 5.24. The van der Waals surface area contributed by atoms with Gasteiger partial charge in [0.15, 0.2) is 0 Å². The van der Waals surface area contributed by atoms with Crippen molar-refractivity contribution < 1.29 is 23.9 Å². The average molecular weight is 393 g/mol. The lowest BCUT2D eigenvalue weighted by molar-refractivity contribution is -0.136. The minimum atomic E-state index is -0.368. The zero-order chi connectivity index (χ0) is 20.8. The number of carbonyl (C=O) groups excluding carboxylic acids is 3. The number of hydrogen-bond donors (Lipinski definition) is 2. The van der Waals surface area contributed by atoms with Crippen molar-refractivity contribution in [1.82, 2.24) is 10.2 Å². The Balaban J connectivity index is 2.46. The first-order chi connectivity index (χ1) is 13.5. The highest BCUT2D eigenvalue weighted by molar-refractivity contribution is 5.95. The van der Waals surface area contributed by atoms with Crippen molar-refractivity contribution in [3.63, 3.8) is 0 Å². The molecular formula is C20H31N3O5. The molecule has 0 saturated heterocycles. The lowest BCUT2D eigenvalue weighted by Crippen LogP contribution is -2.43. The van der Waals surface area contributed by atoms with Crippen molar-refractivity contribution in [2.24, 2.45) is 0 Å². The summed E-state index contributed by atoms with van der Waals surface area (Å²) >= 11 is 0. The molecule has 0 bridgehead atoms. The standard InChI is InChI=1S/C20H31N3O5/c1-4-5-7-20(26)23(12-6-13-27-2)15-19(25)21-14-18(24)22-16-8-10-17(28-3)11-9-16/h8-11H,4-7,12-15H2,1-3H3,(H,21,25)(H,22,24). The predicted molar refractivity (Wildman–Crippen MR) is 107 cm³/mol. The number of ether oxygens (including phenoxy) is 2. The normalized spacial score (nSPS) is 10.2. The summed E-state index contributed by atoms with van der Waals surface area (Å²) in [5.41, 5.74) is 0.607. The van der Waals surface area contributed by atoms with Crippen LogP contribution >= 0.6 is 0 Å². The Hall–Kier alpha value is -2.61. The van der Waals surface area contributed by atoms with E-state index in [9.17, 15) is 14.4 Å². The van der Waals surface area contributed by atoms with Crippen LogP contribution in [0.15, 0.2) is 24.3 Å². The Labute approximate surface area is 166 Å². The molecule has 0 aliphatic rings. The van der Waals surface area contributed by atoms with Gasteiger partial charge in [0.2, 0.25) is 17.7 Å². The molecule has 0 spiro atoms. The maximum atomic E-state index is 12.3. The average Bonchev–Trinajstić information content (AvgIpc) is 2.70. The van der Waals surface area contributed by atoms with Gasteiger partial charge in [0, 0.05) is 32.4 Å². The Kier molecular flexibility index (Phi) is 11.3. The van der Waals surface area contributed by atoms with Gasteiger partial charge in [-0.25, -0.2) is 0 Å². The highest BCUT2D eigenvalue weighted by Gasteiger charge is 2.17. The summed E-state index contributed by atoms with van der Waals surface area (Å²) in [6.45, 7) is 2.74. The SMILES string of the molecule is CCCCC(=O)N(CCCOC)CC(=O)NCC(=O)Nc1ccc(OC)cc1. The molecule has 2 N–H and O–H groups in total. The molecule has 8 heteroatoms. The predicted octanol–water partition coefficient (Wildman–Crippen LogP) is 1.81. The van der Waals surface area contributed by atoms with Crippen LogP contribution in [0.3, 0.4) is 0 Å².